The number of aliphatic imine (C=N–C) groups is 1. The Kier molecular flexibility index (Phi) is 11.2. The predicted molar refractivity (Wildman–Crippen MR) is 127 cm³/mol. The van der Waals surface area contributed by atoms with Gasteiger partial charge in [-0.2, -0.15) is 0 Å². The number of benzene rings is 1. The third kappa shape index (κ3) is 7.96. The number of hydrogen-bond donors (Lipinski definition) is 2. The normalized spacial score (nSPS) is 11.0. The minimum atomic E-state index is 0. The van der Waals surface area contributed by atoms with Crippen molar-refractivity contribution in [3.8, 4) is 0 Å². The molecule has 0 amide bonds. The first-order chi connectivity index (χ1) is 12.6. The largest absolute Gasteiger partial charge is 0.356 e. The van der Waals surface area contributed by atoms with E-state index in [-0.39, 0.29) is 29.5 Å². The molecule has 0 bridgehead atoms. The quantitative estimate of drug-likeness (QED) is 0.191. The lowest BCUT2D eigenvalue weighted by molar-refractivity contribution is 0.585. The average molecular weight is 500 g/mol. The number of guanidine groups is 1. The van der Waals surface area contributed by atoms with Crippen molar-refractivity contribution in [3.05, 3.63) is 64.1 Å². The van der Waals surface area contributed by atoms with Crippen LogP contribution in [-0.4, -0.2) is 30.4 Å². The highest BCUT2D eigenvalue weighted by Gasteiger charge is 2.04. The predicted octanol–water partition coefficient (Wildman–Crippen LogP) is 3.64. The third-order valence-corrected chi connectivity index (χ3v) is 4.95. The number of thioether (sulfide) groups is 1. The zero-order valence-electron chi connectivity index (χ0n) is 16.2. The van der Waals surface area contributed by atoms with Crippen molar-refractivity contribution >= 4 is 41.7 Å². The van der Waals surface area contributed by atoms with Crippen LogP contribution in [0.4, 0.5) is 0 Å². The smallest absolute Gasteiger partial charge is 0.250 e. The van der Waals surface area contributed by atoms with Gasteiger partial charge in [0.15, 0.2) is 5.96 Å². The number of nitrogens with one attached hydrogen (secondary N) is 2. The highest BCUT2D eigenvalue weighted by Crippen LogP contribution is 2.21. The second kappa shape index (κ2) is 12.8. The second-order valence-corrected chi connectivity index (χ2v) is 6.96. The molecular formula is C20H29IN4OS. The zero-order valence-corrected chi connectivity index (χ0v) is 19.3. The summed E-state index contributed by atoms with van der Waals surface area (Å²) in [6.07, 6.45) is 5.86. The van der Waals surface area contributed by atoms with Crippen molar-refractivity contribution in [2.75, 3.05) is 19.8 Å². The van der Waals surface area contributed by atoms with Crippen LogP contribution in [0, 0.1) is 6.92 Å². The lowest BCUT2D eigenvalue weighted by Gasteiger charge is -2.14. The fourth-order valence-corrected chi connectivity index (χ4v) is 3.36. The van der Waals surface area contributed by atoms with Gasteiger partial charge in [-0.05, 0) is 49.3 Å². The van der Waals surface area contributed by atoms with Crippen LogP contribution < -0.4 is 16.2 Å². The van der Waals surface area contributed by atoms with Gasteiger partial charge < -0.3 is 15.2 Å². The number of aryl methyl sites for hydroxylation is 2. The number of halogens is 1. The van der Waals surface area contributed by atoms with E-state index in [0.29, 0.717) is 0 Å². The van der Waals surface area contributed by atoms with Crippen LogP contribution in [0.5, 0.6) is 0 Å². The molecule has 5 nitrogen and oxygen atoms in total. The summed E-state index contributed by atoms with van der Waals surface area (Å²) in [4.78, 5) is 17.2. The Morgan fingerprint density at radius 1 is 1.19 bits per heavy atom. The van der Waals surface area contributed by atoms with E-state index in [9.17, 15) is 4.79 Å². The van der Waals surface area contributed by atoms with Gasteiger partial charge in [-0.15, -0.1) is 35.7 Å². The first-order valence-corrected chi connectivity index (χ1v) is 10.1. The summed E-state index contributed by atoms with van der Waals surface area (Å²) >= 11 is 1.76. The van der Waals surface area contributed by atoms with Crippen molar-refractivity contribution in [2.24, 2.45) is 4.99 Å². The highest BCUT2D eigenvalue weighted by molar-refractivity contribution is 14.0. The second-order valence-electron chi connectivity index (χ2n) is 6.11. The molecule has 27 heavy (non-hydrogen) atoms. The summed E-state index contributed by atoms with van der Waals surface area (Å²) in [6.45, 7) is 4.43. The van der Waals surface area contributed by atoms with Gasteiger partial charge in [0.2, 0.25) is 5.56 Å². The van der Waals surface area contributed by atoms with E-state index >= 15 is 0 Å². The minimum absolute atomic E-state index is 0. The fourth-order valence-electron chi connectivity index (χ4n) is 2.66. The summed E-state index contributed by atoms with van der Waals surface area (Å²) in [5.74, 6) is 0.800. The van der Waals surface area contributed by atoms with Crippen LogP contribution in [-0.2, 0) is 13.1 Å². The maximum Gasteiger partial charge on any atom is 0.250 e. The van der Waals surface area contributed by atoms with Gasteiger partial charge in [0.05, 0.1) is 0 Å². The summed E-state index contributed by atoms with van der Waals surface area (Å²) in [5, 5.41) is 6.70. The Bertz CT molecular complexity index is 792. The lowest BCUT2D eigenvalue weighted by Crippen LogP contribution is -2.37. The van der Waals surface area contributed by atoms with E-state index in [1.165, 1.54) is 16.0 Å². The first-order valence-electron chi connectivity index (χ1n) is 8.87. The molecule has 1 heterocycles. The molecule has 2 rings (SSSR count). The number of unbranched alkanes of at least 4 members (excludes halogenated alkanes) is 1. The molecule has 0 atom stereocenters. The number of nitrogens with zero attached hydrogens (tertiary/aromatic N) is 2. The van der Waals surface area contributed by atoms with Crippen molar-refractivity contribution in [3.63, 3.8) is 0 Å². The summed E-state index contributed by atoms with van der Waals surface area (Å²) in [5.41, 5.74) is 2.60. The van der Waals surface area contributed by atoms with Gasteiger partial charge in [-0.25, -0.2) is 0 Å². The van der Waals surface area contributed by atoms with Crippen LogP contribution in [0.15, 0.2) is 57.3 Å². The van der Waals surface area contributed by atoms with Crippen molar-refractivity contribution < 1.29 is 0 Å². The number of hydrogen-bond acceptors (Lipinski definition) is 3. The van der Waals surface area contributed by atoms with Crippen molar-refractivity contribution in [1.82, 2.24) is 15.2 Å². The molecule has 0 aliphatic rings. The molecule has 1 aromatic heterocycles. The molecule has 0 saturated heterocycles. The van der Waals surface area contributed by atoms with E-state index in [1.807, 2.05) is 12.3 Å². The summed E-state index contributed by atoms with van der Waals surface area (Å²) in [6, 6.07) is 11.8. The Morgan fingerprint density at radius 3 is 2.70 bits per heavy atom. The molecule has 7 heteroatoms. The Morgan fingerprint density at radius 2 is 2.00 bits per heavy atom. The minimum Gasteiger partial charge on any atom is -0.356 e. The molecular weight excluding hydrogens is 471 g/mol. The van der Waals surface area contributed by atoms with E-state index in [1.54, 1.807) is 35.5 Å². The number of aromatic nitrogens is 1. The van der Waals surface area contributed by atoms with Gasteiger partial charge in [-0.1, -0.05) is 18.2 Å². The third-order valence-electron chi connectivity index (χ3n) is 4.13. The molecule has 0 unspecified atom stereocenters. The van der Waals surface area contributed by atoms with Gasteiger partial charge in [0, 0.05) is 43.8 Å². The molecule has 2 aromatic rings. The molecule has 148 valence electrons. The zero-order chi connectivity index (χ0) is 18.8. The van der Waals surface area contributed by atoms with Gasteiger partial charge in [0.1, 0.15) is 0 Å². The average Bonchev–Trinajstić information content (AvgIpc) is 2.66. The van der Waals surface area contributed by atoms with E-state index < -0.39 is 0 Å². The number of rotatable bonds is 8. The maximum atomic E-state index is 11.6. The first kappa shape index (κ1) is 23.6. The van der Waals surface area contributed by atoms with E-state index in [0.717, 1.165) is 38.4 Å². The topological polar surface area (TPSA) is 58.4 Å². The monoisotopic (exact) mass is 500 g/mol. The Labute approximate surface area is 183 Å². The van der Waals surface area contributed by atoms with Crippen LogP contribution in [0.25, 0.3) is 0 Å². The molecule has 0 aliphatic carbocycles. The highest BCUT2D eigenvalue weighted by atomic mass is 127. The molecule has 0 saturated carbocycles. The van der Waals surface area contributed by atoms with E-state index in [4.69, 9.17) is 0 Å². The summed E-state index contributed by atoms with van der Waals surface area (Å²) in [7, 11) is 1.78. The summed E-state index contributed by atoms with van der Waals surface area (Å²) < 4.78 is 1.74. The Hall–Kier alpha value is -1.48. The SMILES string of the molecule is CN=C(NCCCCn1ccccc1=O)NCc1ccc(C)cc1SC.I. The van der Waals surface area contributed by atoms with Crippen LogP contribution in [0.1, 0.15) is 24.0 Å². The van der Waals surface area contributed by atoms with Crippen LogP contribution >= 0.6 is 35.7 Å². The molecule has 1 aromatic carbocycles. The van der Waals surface area contributed by atoms with Crippen LogP contribution in [0.3, 0.4) is 0 Å². The van der Waals surface area contributed by atoms with Crippen LogP contribution in [0.2, 0.25) is 0 Å². The fraction of sp³-hybridized carbons (Fsp3) is 0.400. The lowest BCUT2D eigenvalue weighted by atomic mass is 10.1. The Balaban J connectivity index is 0.00000364. The standard InChI is InChI=1S/C20H28N4OS.HI/c1-16-9-10-17(18(14-16)26-3)15-23-20(21-2)22-11-5-7-13-24-12-6-4-8-19(24)25;/h4,6,8-10,12,14H,5,7,11,13,15H2,1-3H3,(H2,21,22,23);1H. The molecule has 0 aliphatic heterocycles. The van der Waals surface area contributed by atoms with Gasteiger partial charge in [0.25, 0.3) is 0 Å². The maximum absolute atomic E-state index is 11.6. The van der Waals surface area contributed by atoms with Gasteiger partial charge in [-0.3, -0.25) is 9.79 Å². The van der Waals surface area contributed by atoms with Gasteiger partial charge >= 0.3 is 0 Å². The molecule has 0 radical (unpaired) electrons. The molecule has 2 N–H and O–H groups in total. The van der Waals surface area contributed by atoms with Crippen molar-refractivity contribution in [1.29, 1.82) is 0 Å². The van der Waals surface area contributed by atoms with Crippen molar-refractivity contribution in [2.45, 2.75) is 37.8 Å². The molecule has 0 spiro atoms. The van der Waals surface area contributed by atoms with E-state index in [2.05, 4.69) is 47.0 Å². The number of pyridine rings is 1. The molecule has 0 fully saturated rings.